The molecule has 9 heteroatoms. The molecule has 37 heavy (non-hydrogen) atoms. The van der Waals surface area contributed by atoms with Gasteiger partial charge in [-0.1, -0.05) is 42.5 Å². The molecule has 196 valence electrons. The lowest BCUT2D eigenvalue weighted by Gasteiger charge is -2.47. The van der Waals surface area contributed by atoms with E-state index in [2.05, 4.69) is 69.9 Å². The van der Waals surface area contributed by atoms with Gasteiger partial charge in [-0.05, 0) is 49.2 Å². The molecule has 0 bridgehead atoms. The number of benzene rings is 2. The summed E-state index contributed by atoms with van der Waals surface area (Å²) in [5, 5.41) is 12.5. The Kier molecular flexibility index (Phi) is 8.68. The summed E-state index contributed by atoms with van der Waals surface area (Å²) in [4.78, 5) is 18.0. The molecule has 0 saturated carbocycles. The molecule has 0 unspecified atom stereocenters. The highest BCUT2D eigenvalue weighted by Gasteiger charge is 2.34. The Morgan fingerprint density at radius 1 is 1.14 bits per heavy atom. The number of piperazine rings is 1. The van der Waals surface area contributed by atoms with Gasteiger partial charge in [-0.15, -0.1) is 16.8 Å². The molecule has 1 aromatic heterocycles. The van der Waals surface area contributed by atoms with E-state index in [-0.39, 0.29) is 18.6 Å². The maximum Gasteiger partial charge on any atom is 0.329 e. The molecule has 1 fully saturated rings. The van der Waals surface area contributed by atoms with Crippen LogP contribution in [-0.2, 0) is 16.1 Å². The Bertz CT molecular complexity index is 1190. The zero-order chi connectivity index (χ0) is 26.4. The van der Waals surface area contributed by atoms with Crippen molar-refractivity contribution in [2.75, 3.05) is 33.4 Å². The number of methoxy groups -OCH3 is 1. The van der Waals surface area contributed by atoms with Crippen LogP contribution in [0.3, 0.4) is 0 Å². The first-order valence-electron chi connectivity index (χ1n) is 12.7. The fraction of sp³-hybridized carbons (Fsp3) is 0.429. The summed E-state index contributed by atoms with van der Waals surface area (Å²) in [6.07, 6.45) is 1.98. The van der Waals surface area contributed by atoms with Crippen molar-refractivity contribution in [1.29, 1.82) is 0 Å². The smallest absolute Gasteiger partial charge is 0.329 e. The van der Waals surface area contributed by atoms with E-state index in [0.717, 1.165) is 30.9 Å². The Balaban J connectivity index is 1.62. The number of ether oxygens (including phenoxy) is 2. The molecular formula is C28H36N6O3. The largest absolute Gasteiger partial charge is 0.497 e. The van der Waals surface area contributed by atoms with Gasteiger partial charge in [-0.3, -0.25) is 9.80 Å². The molecule has 9 nitrogen and oxygen atoms in total. The molecule has 0 radical (unpaired) electrons. The van der Waals surface area contributed by atoms with Crippen LogP contribution in [0.25, 0.3) is 11.4 Å². The monoisotopic (exact) mass is 504 g/mol. The third kappa shape index (κ3) is 6.23. The van der Waals surface area contributed by atoms with Gasteiger partial charge >= 0.3 is 5.97 Å². The first kappa shape index (κ1) is 26.5. The lowest BCUT2D eigenvalue weighted by Crippen LogP contribution is -2.57. The highest BCUT2D eigenvalue weighted by atomic mass is 16.5. The lowest BCUT2D eigenvalue weighted by atomic mass is 9.92. The molecule has 4 rings (SSSR count). The molecule has 1 aliphatic heterocycles. The van der Waals surface area contributed by atoms with Crippen molar-refractivity contribution in [3.8, 4) is 17.1 Å². The van der Waals surface area contributed by atoms with Crippen LogP contribution in [-0.4, -0.2) is 81.4 Å². The normalized spacial score (nSPS) is 19.4. The van der Waals surface area contributed by atoms with Crippen LogP contribution in [0.1, 0.15) is 37.9 Å². The molecule has 0 spiro atoms. The van der Waals surface area contributed by atoms with Crippen molar-refractivity contribution in [2.24, 2.45) is 0 Å². The number of esters is 1. The van der Waals surface area contributed by atoms with Crippen molar-refractivity contribution < 1.29 is 14.3 Å². The number of carbonyl (C=O) groups is 1. The van der Waals surface area contributed by atoms with E-state index in [0.29, 0.717) is 24.5 Å². The number of tetrazole rings is 1. The SMILES string of the molecule is C=CCN1C[C@H](C)N([C@H](c2ccc(-c3nnn(CC(=O)OCC)n3)cc2)c2cccc(OC)c2)C[C@H]1C. The van der Waals surface area contributed by atoms with Gasteiger partial charge in [0, 0.05) is 37.3 Å². The molecular weight excluding hydrogens is 468 g/mol. The average Bonchev–Trinajstić information content (AvgIpc) is 3.36. The van der Waals surface area contributed by atoms with E-state index in [9.17, 15) is 4.79 Å². The average molecular weight is 505 g/mol. The van der Waals surface area contributed by atoms with Gasteiger partial charge in [-0.25, -0.2) is 4.79 Å². The Morgan fingerprint density at radius 3 is 2.62 bits per heavy atom. The van der Waals surface area contributed by atoms with Crippen molar-refractivity contribution in [1.82, 2.24) is 30.0 Å². The molecule has 0 amide bonds. The minimum absolute atomic E-state index is 0.0555. The lowest BCUT2D eigenvalue weighted by molar-refractivity contribution is -0.144. The van der Waals surface area contributed by atoms with Crippen molar-refractivity contribution >= 4 is 5.97 Å². The summed E-state index contributed by atoms with van der Waals surface area (Å²) in [6, 6.07) is 17.4. The fourth-order valence-corrected chi connectivity index (χ4v) is 4.95. The summed E-state index contributed by atoms with van der Waals surface area (Å²) in [6.45, 7) is 13.3. The standard InChI is InChI=1S/C28H36N6O3/c1-6-15-32-17-21(4)33(18-20(32)3)27(24-9-8-10-25(16-24)36-5)22-11-13-23(14-12-22)28-29-31-34(30-28)19-26(35)37-7-2/h6,8-14,16,20-21,27H,1,7,15,17-19H2,2-5H3/t20-,21+,27-/m1/s1. The van der Waals surface area contributed by atoms with Crippen molar-refractivity contribution in [3.63, 3.8) is 0 Å². The zero-order valence-electron chi connectivity index (χ0n) is 22.1. The van der Waals surface area contributed by atoms with Crippen LogP contribution >= 0.6 is 0 Å². The van der Waals surface area contributed by atoms with Crippen molar-refractivity contribution in [2.45, 2.75) is 45.4 Å². The van der Waals surface area contributed by atoms with Crippen LogP contribution in [0.4, 0.5) is 0 Å². The molecule has 0 aliphatic carbocycles. The number of hydrogen-bond donors (Lipinski definition) is 0. The van der Waals surface area contributed by atoms with E-state index in [1.54, 1.807) is 14.0 Å². The first-order valence-corrected chi connectivity index (χ1v) is 12.7. The van der Waals surface area contributed by atoms with Gasteiger partial charge in [0.1, 0.15) is 5.75 Å². The number of carbonyl (C=O) groups excluding carboxylic acids is 1. The second-order valence-corrected chi connectivity index (χ2v) is 9.39. The summed E-state index contributed by atoms with van der Waals surface area (Å²) < 4.78 is 10.5. The molecule has 2 aromatic carbocycles. The van der Waals surface area contributed by atoms with E-state index < -0.39 is 0 Å². The van der Waals surface area contributed by atoms with E-state index in [1.807, 2.05) is 30.3 Å². The van der Waals surface area contributed by atoms with Gasteiger partial charge in [0.2, 0.25) is 5.82 Å². The second kappa shape index (κ2) is 12.1. The number of hydrogen-bond acceptors (Lipinski definition) is 8. The molecule has 0 N–H and O–H groups in total. The molecule has 2 heterocycles. The van der Waals surface area contributed by atoms with E-state index in [4.69, 9.17) is 9.47 Å². The van der Waals surface area contributed by atoms with Crippen LogP contribution in [0, 0.1) is 0 Å². The van der Waals surface area contributed by atoms with E-state index >= 15 is 0 Å². The van der Waals surface area contributed by atoms with Gasteiger partial charge in [0.25, 0.3) is 0 Å². The highest BCUT2D eigenvalue weighted by molar-refractivity contribution is 5.68. The quantitative estimate of drug-likeness (QED) is 0.306. The number of rotatable bonds is 10. The molecule has 3 aromatic rings. The Labute approximate surface area is 218 Å². The summed E-state index contributed by atoms with van der Waals surface area (Å²) in [5.41, 5.74) is 3.19. The van der Waals surface area contributed by atoms with Gasteiger partial charge in [0.15, 0.2) is 6.54 Å². The first-order chi connectivity index (χ1) is 17.9. The highest BCUT2D eigenvalue weighted by Crippen LogP contribution is 2.35. The molecule has 1 saturated heterocycles. The van der Waals surface area contributed by atoms with Gasteiger partial charge < -0.3 is 9.47 Å². The minimum atomic E-state index is -0.389. The summed E-state index contributed by atoms with van der Waals surface area (Å²) >= 11 is 0. The molecule has 3 atom stereocenters. The second-order valence-electron chi connectivity index (χ2n) is 9.39. The molecule has 1 aliphatic rings. The van der Waals surface area contributed by atoms with E-state index in [1.165, 1.54) is 15.9 Å². The third-order valence-electron chi connectivity index (χ3n) is 6.78. The topological polar surface area (TPSA) is 85.6 Å². The van der Waals surface area contributed by atoms with Crippen LogP contribution < -0.4 is 4.74 Å². The Morgan fingerprint density at radius 2 is 1.92 bits per heavy atom. The van der Waals surface area contributed by atoms with Gasteiger partial charge in [0.05, 0.1) is 19.8 Å². The van der Waals surface area contributed by atoms with Crippen LogP contribution in [0.2, 0.25) is 0 Å². The van der Waals surface area contributed by atoms with Crippen LogP contribution in [0.15, 0.2) is 61.2 Å². The predicted molar refractivity (Wildman–Crippen MR) is 142 cm³/mol. The van der Waals surface area contributed by atoms with Gasteiger partial charge in [-0.2, -0.15) is 4.80 Å². The minimum Gasteiger partial charge on any atom is -0.497 e. The van der Waals surface area contributed by atoms with Crippen LogP contribution in [0.5, 0.6) is 5.75 Å². The predicted octanol–water partition coefficient (Wildman–Crippen LogP) is 3.58. The van der Waals surface area contributed by atoms with Crippen molar-refractivity contribution in [3.05, 3.63) is 72.3 Å². The number of aromatic nitrogens is 4. The fourth-order valence-electron chi connectivity index (χ4n) is 4.95. The number of nitrogens with zero attached hydrogens (tertiary/aromatic N) is 6. The third-order valence-corrected chi connectivity index (χ3v) is 6.78. The summed E-state index contributed by atoms with van der Waals surface area (Å²) in [5.74, 6) is 0.917. The maximum absolute atomic E-state index is 11.7. The zero-order valence-corrected chi connectivity index (χ0v) is 22.1. The maximum atomic E-state index is 11.7. The Hall–Kier alpha value is -3.56. The summed E-state index contributed by atoms with van der Waals surface area (Å²) in [7, 11) is 1.70.